The van der Waals surface area contributed by atoms with Crippen LogP contribution in [-0.2, 0) is 0 Å². The fraction of sp³-hybridized carbons (Fsp3) is 0.250. The second-order valence-electron chi connectivity index (χ2n) is 3.27. The molecule has 15 heavy (non-hydrogen) atoms. The number of benzene rings is 1. The predicted octanol–water partition coefficient (Wildman–Crippen LogP) is 2.50. The van der Waals surface area contributed by atoms with Gasteiger partial charge in [0.2, 0.25) is 5.75 Å². The molecule has 0 aliphatic carbocycles. The molecule has 0 N–H and O–H groups in total. The Morgan fingerprint density at radius 1 is 1.33 bits per heavy atom. The van der Waals surface area contributed by atoms with Crippen LogP contribution in [0.3, 0.4) is 0 Å². The smallest absolute Gasteiger partial charge is 0.379 e. The number of aryl methyl sites for hydroxylation is 1. The first-order chi connectivity index (χ1) is 7.24. The van der Waals surface area contributed by atoms with Crippen molar-refractivity contribution in [2.24, 2.45) is 0 Å². The Bertz CT molecular complexity index is 540. The predicted molar refractivity (Wildman–Crippen MR) is 58.4 cm³/mol. The van der Waals surface area contributed by atoms with Crippen LogP contribution in [0.25, 0.3) is 11.0 Å². The normalized spacial score (nSPS) is 10.5. The Morgan fingerprint density at radius 3 is 2.80 bits per heavy atom. The quantitative estimate of drug-likeness (QED) is 0.705. The minimum atomic E-state index is -0.409. The van der Waals surface area contributed by atoms with Crippen LogP contribution in [0.5, 0.6) is 5.75 Å². The Labute approximate surface area is 87.3 Å². The monoisotopic (exact) mass is 204 g/mol. The van der Waals surface area contributed by atoms with E-state index in [2.05, 4.69) is 0 Å². The van der Waals surface area contributed by atoms with E-state index in [-0.39, 0.29) is 0 Å². The Morgan fingerprint density at radius 2 is 2.07 bits per heavy atom. The fourth-order valence-corrected chi connectivity index (χ4v) is 1.60. The molecular formula is C12H12O3. The van der Waals surface area contributed by atoms with E-state index in [4.69, 9.17) is 9.15 Å². The van der Waals surface area contributed by atoms with Crippen LogP contribution in [0.2, 0.25) is 0 Å². The van der Waals surface area contributed by atoms with Gasteiger partial charge in [0.05, 0.1) is 6.61 Å². The van der Waals surface area contributed by atoms with Gasteiger partial charge in [0, 0.05) is 10.9 Å². The van der Waals surface area contributed by atoms with Gasteiger partial charge in [-0.05, 0) is 19.9 Å². The van der Waals surface area contributed by atoms with Crippen LogP contribution in [0.15, 0.2) is 33.5 Å². The molecule has 2 aromatic rings. The Kier molecular flexibility index (Phi) is 2.46. The summed E-state index contributed by atoms with van der Waals surface area (Å²) in [6.45, 7) is 4.17. The molecule has 0 saturated carbocycles. The molecule has 78 valence electrons. The molecule has 3 nitrogen and oxygen atoms in total. The maximum atomic E-state index is 11.6. The SMILES string of the molecule is CCOc1c(C)c2ccccc2oc1=O. The average Bonchev–Trinajstić information content (AvgIpc) is 2.24. The first-order valence-electron chi connectivity index (χ1n) is 4.89. The van der Waals surface area contributed by atoms with Gasteiger partial charge in [-0.3, -0.25) is 0 Å². The lowest BCUT2D eigenvalue weighted by molar-refractivity contribution is 0.319. The van der Waals surface area contributed by atoms with Crippen molar-refractivity contribution in [3.63, 3.8) is 0 Å². The van der Waals surface area contributed by atoms with E-state index >= 15 is 0 Å². The minimum absolute atomic E-state index is 0.316. The maximum Gasteiger partial charge on any atom is 0.379 e. The first kappa shape index (κ1) is 9.77. The lowest BCUT2D eigenvalue weighted by Gasteiger charge is -2.07. The van der Waals surface area contributed by atoms with Crippen LogP contribution in [0.4, 0.5) is 0 Å². The highest BCUT2D eigenvalue weighted by Crippen LogP contribution is 2.23. The summed E-state index contributed by atoms with van der Waals surface area (Å²) in [6.07, 6.45) is 0. The summed E-state index contributed by atoms with van der Waals surface area (Å²) in [5.41, 5.74) is 1.03. The second kappa shape index (κ2) is 3.77. The fourth-order valence-electron chi connectivity index (χ4n) is 1.60. The van der Waals surface area contributed by atoms with E-state index in [0.717, 1.165) is 10.9 Å². The summed E-state index contributed by atoms with van der Waals surface area (Å²) in [6, 6.07) is 7.44. The van der Waals surface area contributed by atoms with Crippen LogP contribution in [-0.4, -0.2) is 6.61 Å². The Balaban J connectivity index is 2.78. The summed E-state index contributed by atoms with van der Waals surface area (Å²) >= 11 is 0. The number of ether oxygens (including phenoxy) is 1. The van der Waals surface area contributed by atoms with Gasteiger partial charge in [0.15, 0.2) is 0 Å². The molecule has 0 aliphatic rings. The van der Waals surface area contributed by atoms with Gasteiger partial charge in [-0.1, -0.05) is 18.2 Å². The van der Waals surface area contributed by atoms with Crippen LogP contribution in [0, 0.1) is 6.92 Å². The van der Waals surface area contributed by atoms with Crippen molar-refractivity contribution in [2.75, 3.05) is 6.61 Å². The zero-order chi connectivity index (χ0) is 10.8. The van der Waals surface area contributed by atoms with Crippen LogP contribution >= 0.6 is 0 Å². The first-order valence-corrected chi connectivity index (χ1v) is 4.89. The molecule has 0 saturated heterocycles. The van der Waals surface area contributed by atoms with Gasteiger partial charge in [-0.15, -0.1) is 0 Å². The molecule has 0 bridgehead atoms. The van der Waals surface area contributed by atoms with Crippen LogP contribution < -0.4 is 10.4 Å². The second-order valence-corrected chi connectivity index (χ2v) is 3.27. The molecule has 0 amide bonds. The van der Waals surface area contributed by atoms with Crippen LogP contribution in [0.1, 0.15) is 12.5 Å². The zero-order valence-electron chi connectivity index (χ0n) is 8.74. The third-order valence-corrected chi connectivity index (χ3v) is 2.31. The lowest BCUT2D eigenvalue weighted by Crippen LogP contribution is -2.08. The van der Waals surface area contributed by atoms with Crippen molar-refractivity contribution in [1.82, 2.24) is 0 Å². The van der Waals surface area contributed by atoms with Gasteiger partial charge >= 0.3 is 5.63 Å². The van der Waals surface area contributed by atoms with Crippen molar-refractivity contribution in [1.29, 1.82) is 0 Å². The van der Waals surface area contributed by atoms with Gasteiger partial charge in [0.25, 0.3) is 0 Å². The highest BCUT2D eigenvalue weighted by atomic mass is 16.5. The molecule has 0 radical (unpaired) electrons. The molecular weight excluding hydrogens is 192 g/mol. The summed E-state index contributed by atoms with van der Waals surface area (Å²) < 4.78 is 10.4. The van der Waals surface area contributed by atoms with E-state index in [1.807, 2.05) is 32.0 Å². The number of fused-ring (bicyclic) bond motifs is 1. The molecule has 2 rings (SSSR count). The van der Waals surface area contributed by atoms with Crippen molar-refractivity contribution in [2.45, 2.75) is 13.8 Å². The van der Waals surface area contributed by atoms with E-state index < -0.39 is 5.63 Å². The molecule has 3 heteroatoms. The molecule has 1 aromatic heterocycles. The number of hydrogen-bond acceptors (Lipinski definition) is 3. The number of hydrogen-bond donors (Lipinski definition) is 0. The lowest BCUT2D eigenvalue weighted by atomic mass is 10.1. The summed E-state index contributed by atoms with van der Waals surface area (Å²) in [5.74, 6) is 0.316. The minimum Gasteiger partial charge on any atom is -0.487 e. The molecule has 0 aliphatic heterocycles. The topological polar surface area (TPSA) is 39.4 Å². The molecule has 1 heterocycles. The van der Waals surface area contributed by atoms with Gasteiger partial charge < -0.3 is 9.15 Å². The van der Waals surface area contributed by atoms with E-state index in [0.29, 0.717) is 17.9 Å². The van der Waals surface area contributed by atoms with Crippen molar-refractivity contribution in [3.05, 3.63) is 40.2 Å². The molecule has 0 unspecified atom stereocenters. The van der Waals surface area contributed by atoms with Gasteiger partial charge in [-0.25, -0.2) is 4.79 Å². The number of para-hydroxylation sites is 1. The van der Waals surface area contributed by atoms with Crippen molar-refractivity contribution < 1.29 is 9.15 Å². The average molecular weight is 204 g/mol. The highest BCUT2D eigenvalue weighted by Gasteiger charge is 2.10. The molecule has 0 atom stereocenters. The largest absolute Gasteiger partial charge is 0.487 e. The maximum absolute atomic E-state index is 11.6. The van der Waals surface area contributed by atoms with Crippen molar-refractivity contribution in [3.8, 4) is 5.75 Å². The molecule has 0 fully saturated rings. The zero-order valence-corrected chi connectivity index (χ0v) is 8.74. The standard InChI is InChI=1S/C12H12O3/c1-3-14-11-8(2)9-6-4-5-7-10(9)15-12(11)13/h4-7H,3H2,1-2H3. The van der Waals surface area contributed by atoms with E-state index in [1.165, 1.54) is 0 Å². The molecule has 0 spiro atoms. The molecule has 1 aromatic carbocycles. The third-order valence-electron chi connectivity index (χ3n) is 2.31. The highest BCUT2D eigenvalue weighted by molar-refractivity contribution is 5.81. The summed E-state index contributed by atoms with van der Waals surface area (Å²) in [4.78, 5) is 11.6. The van der Waals surface area contributed by atoms with Crippen molar-refractivity contribution >= 4 is 11.0 Å². The summed E-state index contributed by atoms with van der Waals surface area (Å²) in [5, 5.41) is 0.917. The van der Waals surface area contributed by atoms with E-state index in [1.54, 1.807) is 6.07 Å². The van der Waals surface area contributed by atoms with E-state index in [9.17, 15) is 4.79 Å². The third kappa shape index (κ3) is 1.61. The Hall–Kier alpha value is -1.77. The summed E-state index contributed by atoms with van der Waals surface area (Å²) in [7, 11) is 0. The van der Waals surface area contributed by atoms with Gasteiger partial charge in [0.1, 0.15) is 5.58 Å². The number of rotatable bonds is 2. The van der Waals surface area contributed by atoms with Gasteiger partial charge in [-0.2, -0.15) is 0 Å².